The molecule has 8 nitrogen and oxygen atoms in total. The van der Waals surface area contributed by atoms with Crippen LogP contribution < -0.4 is 16.0 Å². The van der Waals surface area contributed by atoms with Gasteiger partial charge in [0, 0.05) is 59.4 Å². The summed E-state index contributed by atoms with van der Waals surface area (Å²) < 4.78 is 0. The molecule has 0 bridgehead atoms. The predicted molar refractivity (Wildman–Crippen MR) is 132 cm³/mol. The van der Waals surface area contributed by atoms with Gasteiger partial charge in [-0.25, -0.2) is 0 Å². The molecule has 3 N–H and O–H groups in total. The van der Waals surface area contributed by atoms with Crippen molar-refractivity contribution in [3.63, 3.8) is 0 Å². The highest BCUT2D eigenvalue weighted by atomic mass is 127. The van der Waals surface area contributed by atoms with Crippen LogP contribution in [0.15, 0.2) is 29.3 Å². The molecule has 0 atom stereocenters. The van der Waals surface area contributed by atoms with Crippen molar-refractivity contribution in [2.45, 2.75) is 25.3 Å². The Labute approximate surface area is 196 Å². The van der Waals surface area contributed by atoms with Crippen LogP contribution in [0.25, 0.3) is 0 Å². The number of carbonyl (C=O) groups excluding carboxylic acids is 2. The predicted octanol–water partition coefficient (Wildman–Crippen LogP) is 0.924. The third-order valence-electron chi connectivity index (χ3n) is 5.08. The maximum absolute atomic E-state index is 12.1. The molecule has 1 aromatic carbocycles. The second-order valence-electron chi connectivity index (χ2n) is 7.52. The third-order valence-corrected chi connectivity index (χ3v) is 5.08. The summed E-state index contributed by atoms with van der Waals surface area (Å²) >= 11 is 0. The van der Waals surface area contributed by atoms with Crippen LogP contribution in [0.2, 0.25) is 0 Å². The van der Waals surface area contributed by atoms with Crippen molar-refractivity contribution in [1.29, 1.82) is 0 Å². The first-order chi connectivity index (χ1) is 13.9. The van der Waals surface area contributed by atoms with Gasteiger partial charge in [0.25, 0.3) is 5.91 Å². The minimum Gasteiger partial charge on any atom is -0.358 e. The number of likely N-dealkylation sites (N-methyl/N-ethyl adjacent to an activating group) is 1. The van der Waals surface area contributed by atoms with E-state index < -0.39 is 0 Å². The maximum atomic E-state index is 12.1. The number of piperidine rings is 1. The Morgan fingerprint density at radius 1 is 1.23 bits per heavy atom. The summed E-state index contributed by atoms with van der Waals surface area (Å²) in [4.78, 5) is 31.7. The number of halogens is 1. The fourth-order valence-corrected chi connectivity index (χ4v) is 3.35. The molecule has 2 rings (SSSR count). The molecule has 168 valence electrons. The SMILES string of the molecule is CN=C(NCCc1cccc(C(=O)N(C)C)c1)NC1CCN(CC(=O)NC)CC1.I. The average Bonchev–Trinajstić information content (AvgIpc) is 2.73. The second-order valence-corrected chi connectivity index (χ2v) is 7.52. The molecule has 0 saturated carbocycles. The summed E-state index contributed by atoms with van der Waals surface area (Å²) in [6.45, 7) is 2.99. The molecule has 2 amide bonds. The van der Waals surface area contributed by atoms with Gasteiger partial charge in [0.1, 0.15) is 0 Å². The fraction of sp³-hybridized carbons (Fsp3) is 0.571. The highest BCUT2D eigenvalue weighted by Gasteiger charge is 2.21. The van der Waals surface area contributed by atoms with Crippen molar-refractivity contribution in [3.8, 4) is 0 Å². The standard InChI is InChI=1S/C21H34N6O2.HI/c1-22-19(28)15-27-12-9-18(10-13-27)25-21(23-2)24-11-8-16-6-5-7-17(14-16)20(29)26(3)4;/h5-7,14,18H,8-13,15H2,1-4H3,(H,22,28)(H2,23,24,25);1H. The first-order valence-electron chi connectivity index (χ1n) is 10.1. The number of likely N-dealkylation sites (tertiary alicyclic amines) is 1. The van der Waals surface area contributed by atoms with Gasteiger partial charge in [-0.2, -0.15) is 0 Å². The van der Waals surface area contributed by atoms with Crippen LogP contribution in [-0.2, 0) is 11.2 Å². The maximum Gasteiger partial charge on any atom is 0.253 e. The molecule has 0 unspecified atom stereocenters. The zero-order valence-electron chi connectivity index (χ0n) is 18.4. The lowest BCUT2D eigenvalue weighted by Crippen LogP contribution is -2.50. The van der Waals surface area contributed by atoms with Crippen molar-refractivity contribution < 1.29 is 9.59 Å². The van der Waals surface area contributed by atoms with E-state index in [0.717, 1.165) is 50.4 Å². The van der Waals surface area contributed by atoms with Gasteiger partial charge in [-0.3, -0.25) is 19.5 Å². The van der Waals surface area contributed by atoms with E-state index in [4.69, 9.17) is 0 Å². The minimum absolute atomic E-state index is 0. The van der Waals surface area contributed by atoms with Gasteiger partial charge >= 0.3 is 0 Å². The van der Waals surface area contributed by atoms with Gasteiger partial charge in [-0.1, -0.05) is 12.1 Å². The van der Waals surface area contributed by atoms with E-state index in [0.29, 0.717) is 18.2 Å². The lowest BCUT2D eigenvalue weighted by molar-refractivity contribution is -0.122. The van der Waals surface area contributed by atoms with Crippen molar-refractivity contribution in [2.75, 3.05) is 54.4 Å². The summed E-state index contributed by atoms with van der Waals surface area (Å²) in [7, 11) is 6.96. The zero-order valence-corrected chi connectivity index (χ0v) is 20.7. The number of amides is 2. The quantitative estimate of drug-likeness (QED) is 0.277. The van der Waals surface area contributed by atoms with E-state index in [1.54, 1.807) is 33.1 Å². The van der Waals surface area contributed by atoms with Gasteiger partial charge in [0.15, 0.2) is 5.96 Å². The Morgan fingerprint density at radius 3 is 2.53 bits per heavy atom. The van der Waals surface area contributed by atoms with Crippen LogP contribution in [0, 0.1) is 0 Å². The third kappa shape index (κ3) is 8.47. The molecule has 9 heteroatoms. The van der Waals surface area contributed by atoms with Crippen molar-refractivity contribution in [2.24, 2.45) is 4.99 Å². The number of carbonyl (C=O) groups is 2. The highest BCUT2D eigenvalue weighted by molar-refractivity contribution is 14.0. The number of guanidine groups is 1. The molecular weight excluding hydrogens is 495 g/mol. The smallest absolute Gasteiger partial charge is 0.253 e. The minimum atomic E-state index is 0. The summed E-state index contributed by atoms with van der Waals surface area (Å²) in [5, 5.41) is 9.50. The molecule has 1 heterocycles. The molecule has 1 aliphatic heterocycles. The van der Waals surface area contributed by atoms with Gasteiger partial charge < -0.3 is 20.9 Å². The van der Waals surface area contributed by atoms with Crippen LogP contribution in [0.1, 0.15) is 28.8 Å². The number of hydrogen-bond donors (Lipinski definition) is 3. The summed E-state index contributed by atoms with van der Waals surface area (Å²) in [6, 6.07) is 8.10. The van der Waals surface area contributed by atoms with Crippen LogP contribution in [-0.4, -0.2) is 88.0 Å². The Morgan fingerprint density at radius 2 is 1.93 bits per heavy atom. The number of hydrogen-bond acceptors (Lipinski definition) is 4. The summed E-state index contributed by atoms with van der Waals surface area (Å²) in [5.74, 6) is 0.862. The van der Waals surface area contributed by atoms with Crippen LogP contribution in [0.5, 0.6) is 0 Å². The highest BCUT2D eigenvalue weighted by Crippen LogP contribution is 2.10. The topological polar surface area (TPSA) is 89.1 Å². The Hall–Kier alpha value is -1.88. The van der Waals surface area contributed by atoms with Gasteiger partial charge in [-0.15, -0.1) is 24.0 Å². The average molecular weight is 530 g/mol. The first-order valence-corrected chi connectivity index (χ1v) is 10.1. The lowest BCUT2D eigenvalue weighted by Gasteiger charge is -2.32. The number of benzene rings is 1. The summed E-state index contributed by atoms with van der Waals surface area (Å²) in [5.41, 5.74) is 1.82. The molecule has 1 fully saturated rings. The van der Waals surface area contributed by atoms with E-state index in [1.165, 1.54) is 0 Å². The Balaban J connectivity index is 0.00000450. The molecular formula is C21H35IN6O2. The molecule has 0 radical (unpaired) electrons. The van der Waals surface area contributed by atoms with Crippen LogP contribution in [0.3, 0.4) is 0 Å². The van der Waals surface area contributed by atoms with Gasteiger partial charge in [0.2, 0.25) is 5.91 Å². The molecule has 1 aromatic rings. The molecule has 0 spiro atoms. The molecule has 30 heavy (non-hydrogen) atoms. The van der Waals surface area contributed by atoms with E-state index in [-0.39, 0.29) is 35.8 Å². The van der Waals surface area contributed by atoms with E-state index in [1.807, 2.05) is 24.3 Å². The Bertz CT molecular complexity index is 717. The van der Waals surface area contributed by atoms with Crippen molar-refractivity contribution in [3.05, 3.63) is 35.4 Å². The number of rotatable bonds is 7. The molecule has 1 aliphatic rings. The molecule has 0 aromatic heterocycles. The van der Waals surface area contributed by atoms with Gasteiger partial charge in [0.05, 0.1) is 6.54 Å². The molecule has 0 aliphatic carbocycles. The number of nitrogens with zero attached hydrogens (tertiary/aromatic N) is 3. The van der Waals surface area contributed by atoms with Crippen molar-refractivity contribution in [1.82, 2.24) is 25.8 Å². The second kappa shape index (κ2) is 13.4. The first kappa shape index (κ1) is 26.2. The largest absolute Gasteiger partial charge is 0.358 e. The lowest BCUT2D eigenvalue weighted by atomic mass is 10.1. The van der Waals surface area contributed by atoms with Gasteiger partial charge in [-0.05, 0) is 37.0 Å². The zero-order chi connectivity index (χ0) is 21.2. The van der Waals surface area contributed by atoms with Crippen molar-refractivity contribution >= 4 is 41.8 Å². The fourth-order valence-electron chi connectivity index (χ4n) is 3.35. The molecule has 1 saturated heterocycles. The monoisotopic (exact) mass is 530 g/mol. The van der Waals surface area contributed by atoms with Crippen LogP contribution in [0.4, 0.5) is 0 Å². The number of nitrogens with one attached hydrogen (secondary N) is 3. The van der Waals surface area contributed by atoms with E-state index in [9.17, 15) is 9.59 Å². The number of aliphatic imine (C=N–C) groups is 1. The van der Waals surface area contributed by atoms with Crippen LogP contribution >= 0.6 is 24.0 Å². The summed E-state index contributed by atoms with van der Waals surface area (Å²) in [6.07, 6.45) is 2.76. The van der Waals surface area contributed by atoms with E-state index in [2.05, 4.69) is 25.8 Å². The normalized spacial score (nSPS) is 15.1. The van der Waals surface area contributed by atoms with E-state index >= 15 is 0 Å². The Kier molecular flexibility index (Phi) is 11.7.